The highest BCUT2D eigenvalue weighted by Gasteiger charge is 2.01. The lowest BCUT2D eigenvalue weighted by atomic mass is 10.2. The highest BCUT2D eigenvalue weighted by Crippen LogP contribution is 2.14. The van der Waals surface area contributed by atoms with Crippen LogP contribution in [0.25, 0.3) is 0 Å². The molecule has 0 saturated heterocycles. The van der Waals surface area contributed by atoms with Gasteiger partial charge in [-0.2, -0.15) is 5.26 Å². The molecule has 4 heteroatoms. The normalized spacial score (nSPS) is 9.75. The summed E-state index contributed by atoms with van der Waals surface area (Å²) in [5.74, 6) is 0. The summed E-state index contributed by atoms with van der Waals surface area (Å²) in [7, 11) is 1.94. The predicted octanol–water partition coefficient (Wildman–Crippen LogP) is 1.90. The Balaban J connectivity index is 2.11. The van der Waals surface area contributed by atoms with Crippen LogP contribution in [0.5, 0.6) is 0 Å². The molecule has 0 aliphatic rings. The number of benzene rings is 1. The van der Waals surface area contributed by atoms with Crippen molar-refractivity contribution in [2.24, 2.45) is 7.05 Å². The number of aromatic nitrogens is 2. The van der Waals surface area contributed by atoms with E-state index >= 15 is 0 Å². The van der Waals surface area contributed by atoms with Crippen molar-refractivity contribution in [1.29, 1.82) is 5.26 Å². The van der Waals surface area contributed by atoms with Crippen molar-refractivity contribution in [3.05, 3.63) is 48.0 Å². The maximum Gasteiger partial charge on any atom is 0.101 e. The molecular formula is C12H12N4. The second kappa shape index (κ2) is 4.49. The fourth-order valence-corrected chi connectivity index (χ4v) is 1.48. The molecule has 2 aromatic rings. The zero-order chi connectivity index (χ0) is 11.4. The fourth-order valence-electron chi connectivity index (χ4n) is 1.48. The van der Waals surface area contributed by atoms with Crippen LogP contribution in [-0.2, 0) is 13.6 Å². The molecule has 0 atom stereocenters. The highest BCUT2D eigenvalue weighted by molar-refractivity contribution is 5.57. The number of hydrogen-bond acceptors (Lipinski definition) is 3. The van der Waals surface area contributed by atoms with Crippen LogP contribution in [0.4, 0.5) is 5.69 Å². The fraction of sp³-hybridized carbons (Fsp3) is 0.167. The SMILES string of the molecule is Cn1cncc1CNc1ccccc1C#N. The molecule has 4 nitrogen and oxygen atoms in total. The van der Waals surface area contributed by atoms with Crippen LogP contribution in [0.1, 0.15) is 11.3 Å². The van der Waals surface area contributed by atoms with E-state index in [1.165, 1.54) is 0 Å². The average molecular weight is 212 g/mol. The molecule has 0 amide bonds. The van der Waals surface area contributed by atoms with Crippen LogP contribution in [-0.4, -0.2) is 9.55 Å². The molecule has 1 N–H and O–H groups in total. The second-order valence-electron chi connectivity index (χ2n) is 3.51. The van der Waals surface area contributed by atoms with E-state index in [4.69, 9.17) is 5.26 Å². The molecule has 1 heterocycles. The first-order chi connectivity index (χ1) is 7.81. The largest absolute Gasteiger partial charge is 0.378 e. The molecule has 0 saturated carbocycles. The summed E-state index contributed by atoms with van der Waals surface area (Å²) in [6.45, 7) is 0.662. The van der Waals surface area contributed by atoms with Crippen LogP contribution >= 0.6 is 0 Å². The van der Waals surface area contributed by atoms with Gasteiger partial charge in [-0.15, -0.1) is 0 Å². The number of para-hydroxylation sites is 1. The van der Waals surface area contributed by atoms with Crippen LogP contribution in [0.15, 0.2) is 36.8 Å². The molecule has 80 valence electrons. The van der Waals surface area contributed by atoms with Crippen LogP contribution in [0.2, 0.25) is 0 Å². The summed E-state index contributed by atoms with van der Waals surface area (Å²) in [5.41, 5.74) is 2.59. The van der Waals surface area contributed by atoms with Crippen LogP contribution in [0, 0.1) is 11.3 Å². The Bertz CT molecular complexity index is 522. The first-order valence-corrected chi connectivity index (χ1v) is 4.99. The van der Waals surface area contributed by atoms with E-state index in [1.54, 1.807) is 12.4 Å². The summed E-state index contributed by atoms with van der Waals surface area (Å²) >= 11 is 0. The van der Waals surface area contributed by atoms with Gasteiger partial charge >= 0.3 is 0 Å². The standard InChI is InChI=1S/C12H12N4/c1-16-9-14-7-11(16)8-15-12-5-3-2-4-10(12)6-13/h2-5,7,9,15H,8H2,1H3. The molecule has 2 rings (SSSR count). The maximum atomic E-state index is 8.92. The number of hydrogen-bond donors (Lipinski definition) is 1. The molecule has 0 aliphatic heterocycles. The van der Waals surface area contributed by atoms with Crippen molar-refractivity contribution < 1.29 is 0 Å². The third-order valence-electron chi connectivity index (χ3n) is 2.42. The summed E-state index contributed by atoms with van der Waals surface area (Å²) in [6.07, 6.45) is 3.56. The smallest absolute Gasteiger partial charge is 0.101 e. The minimum Gasteiger partial charge on any atom is -0.378 e. The van der Waals surface area contributed by atoms with E-state index in [0.717, 1.165) is 11.4 Å². The molecule has 0 bridgehead atoms. The van der Waals surface area contributed by atoms with Crippen molar-refractivity contribution in [1.82, 2.24) is 9.55 Å². The Morgan fingerprint density at radius 2 is 2.25 bits per heavy atom. The van der Waals surface area contributed by atoms with E-state index in [1.807, 2.05) is 36.0 Å². The van der Waals surface area contributed by atoms with E-state index in [2.05, 4.69) is 16.4 Å². The number of rotatable bonds is 3. The molecule has 1 aromatic heterocycles. The van der Waals surface area contributed by atoms with Gasteiger partial charge in [0, 0.05) is 13.2 Å². The predicted molar refractivity (Wildman–Crippen MR) is 61.7 cm³/mol. The first-order valence-electron chi connectivity index (χ1n) is 4.99. The lowest BCUT2D eigenvalue weighted by Gasteiger charge is -2.07. The summed E-state index contributed by atoms with van der Waals surface area (Å²) in [5, 5.41) is 12.1. The van der Waals surface area contributed by atoms with E-state index in [0.29, 0.717) is 12.1 Å². The van der Waals surface area contributed by atoms with Gasteiger partial charge in [-0.1, -0.05) is 12.1 Å². The monoisotopic (exact) mass is 212 g/mol. The Hall–Kier alpha value is -2.28. The van der Waals surface area contributed by atoms with Crippen molar-refractivity contribution >= 4 is 5.69 Å². The van der Waals surface area contributed by atoms with Crippen molar-refractivity contribution in [3.63, 3.8) is 0 Å². The number of nitrogens with one attached hydrogen (secondary N) is 1. The van der Waals surface area contributed by atoms with Crippen molar-refractivity contribution in [3.8, 4) is 6.07 Å². The van der Waals surface area contributed by atoms with Gasteiger partial charge < -0.3 is 9.88 Å². The molecule has 1 aromatic carbocycles. The molecule has 16 heavy (non-hydrogen) atoms. The Kier molecular flexibility index (Phi) is 2.88. The van der Waals surface area contributed by atoms with Gasteiger partial charge in [0.15, 0.2) is 0 Å². The first kappa shape index (κ1) is 10.2. The topological polar surface area (TPSA) is 53.6 Å². The highest BCUT2D eigenvalue weighted by atomic mass is 15.0. The van der Waals surface area contributed by atoms with E-state index in [9.17, 15) is 0 Å². The van der Waals surface area contributed by atoms with Crippen molar-refractivity contribution in [2.45, 2.75) is 6.54 Å². The maximum absolute atomic E-state index is 8.92. The van der Waals surface area contributed by atoms with Gasteiger partial charge in [-0.25, -0.2) is 4.98 Å². The van der Waals surface area contributed by atoms with Crippen molar-refractivity contribution in [2.75, 3.05) is 5.32 Å². The van der Waals surface area contributed by atoms with Gasteiger partial charge in [0.1, 0.15) is 6.07 Å². The van der Waals surface area contributed by atoms with Gasteiger partial charge in [0.05, 0.1) is 29.8 Å². The molecule has 0 unspecified atom stereocenters. The minimum absolute atomic E-state index is 0.657. The molecular weight excluding hydrogens is 200 g/mol. The molecule has 0 spiro atoms. The second-order valence-corrected chi connectivity index (χ2v) is 3.51. The van der Waals surface area contributed by atoms with E-state index in [-0.39, 0.29) is 0 Å². The van der Waals surface area contributed by atoms with Gasteiger partial charge in [-0.3, -0.25) is 0 Å². The lowest BCUT2D eigenvalue weighted by molar-refractivity contribution is 0.837. The average Bonchev–Trinajstić information content (AvgIpc) is 2.72. The zero-order valence-corrected chi connectivity index (χ0v) is 9.01. The molecule has 0 fully saturated rings. The van der Waals surface area contributed by atoms with Gasteiger partial charge in [0.2, 0.25) is 0 Å². The third kappa shape index (κ3) is 2.04. The number of imidazole rings is 1. The lowest BCUT2D eigenvalue weighted by Crippen LogP contribution is -2.04. The summed E-state index contributed by atoms with van der Waals surface area (Å²) in [6, 6.07) is 9.61. The molecule has 0 aliphatic carbocycles. The molecule has 0 radical (unpaired) electrons. The zero-order valence-electron chi connectivity index (χ0n) is 9.01. The summed E-state index contributed by atoms with van der Waals surface area (Å²) in [4.78, 5) is 4.03. The Morgan fingerprint density at radius 1 is 1.44 bits per heavy atom. The minimum atomic E-state index is 0.657. The Morgan fingerprint density at radius 3 is 2.94 bits per heavy atom. The number of anilines is 1. The van der Waals surface area contributed by atoms with Gasteiger partial charge in [-0.05, 0) is 12.1 Å². The number of aryl methyl sites for hydroxylation is 1. The Labute approximate surface area is 94.2 Å². The number of nitrogens with zero attached hydrogens (tertiary/aromatic N) is 3. The third-order valence-corrected chi connectivity index (χ3v) is 2.42. The summed E-state index contributed by atoms with van der Waals surface area (Å²) < 4.78 is 1.95. The van der Waals surface area contributed by atoms with Gasteiger partial charge in [0.25, 0.3) is 0 Å². The number of nitriles is 1. The van der Waals surface area contributed by atoms with E-state index < -0.39 is 0 Å². The quantitative estimate of drug-likeness (QED) is 0.845. The van der Waals surface area contributed by atoms with Crippen LogP contribution in [0.3, 0.4) is 0 Å². The van der Waals surface area contributed by atoms with Crippen LogP contribution < -0.4 is 5.32 Å².